The largest absolute Gasteiger partial charge is 0.345 e. The predicted octanol–water partition coefficient (Wildman–Crippen LogP) is 6.31. The first-order valence-corrected chi connectivity index (χ1v) is 10.5. The van der Waals surface area contributed by atoms with E-state index in [0.29, 0.717) is 0 Å². The highest BCUT2D eigenvalue weighted by atomic mass is 32.2. The molecular formula is C21H21N3S2. The molecule has 0 aliphatic carbocycles. The molecule has 5 heteroatoms. The summed E-state index contributed by atoms with van der Waals surface area (Å²) in [4.78, 5) is 9.19. The molecule has 4 rings (SSSR count). The van der Waals surface area contributed by atoms with Crippen molar-refractivity contribution >= 4 is 34.3 Å². The van der Waals surface area contributed by atoms with Gasteiger partial charge in [-0.05, 0) is 57.6 Å². The average Bonchev–Trinajstić information content (AvgIpc) is 3.36. The molecule has 0 aliphatic heterocycles. The monoisotopic (exact) mass is 379 g/mol. The zero-order valence-corrected chi connectivity index (χ0v) is 16.5. The average molecular weight is 380 g/mol. The summed E-state index contributed by atoms with van der Waals surface area (Å²) in [5, 5.41) is 5.51. The van der Waals surface area contributed by atoms with Gasteiger partial charge in [-0.15, -0.1) is 0 Å². The molecule has 0 spiro atoms. The molecule has 26 heavy (non-hydrogen) atoms. The van der Waals surface area contributed by atoms with E-state index in [1.165, 1.54) is 32.5 Å². The summed E-state index contributed by atoms with van der Waals surface area (Å²) in [7, 11) is 0. The third kappa shape index (κ3) is 3.18. The third-order valence-electron chi connectivity index (χ3n) is 4.52. The third-order valence-corrected chi connectivity index (χ3v) is 6.53. The fourth-order valence-electron chi connectivity index (χ4n) is 3.19. The molecule has 0 saturated heterocycles. The summed E-state index contributed by atoms with van der Waals surface area (Å²) >= 11 is 3.55. The summed E-state index contributed by atoms with van der Waals surface area (Å²) in [6.45, 7) is 6.43. The smallest absolute Gasteiger partial charge is 0.138 e. The Labute approximate surface area is 162 Å². The zero-order chi connectivity index (χ0) is 17.9. The fraction of sp³-hybridized carbons (Fsp3) is 0.190. The van der Waals surface area contributed by atoms with Gasteiger partial charge in [-0.2, -0.15) is 11.3 Å². The van der Waals surface area contributed by atoms with Crippen LogP contribution in [0.15, 0.2) is 64.4 Å². The van der Waals surface area contributed by atoms with Crippen molar-refractivity contribution in [2.45, 2.75) is 18.7 Å². The number of fused-ring (bicyclic) bond motifs is 1. The number of aromatic amines is 1. The van der Waals surface area contributed by atoms with Crippen LogP contribution in [0.5, 0.6) is 0 Å². The highest BCUT2D eigenvalue weighted by molar-refractivity contribution is 7.97. The van der Waals surface area contributed by atoms with Crippen LogP contribution in [0.1, 0.15) is 13.8 Å². The van der Waals surface area contributed by atoms with Gasteiger partial charge in [0, 0.05) is 41.3 Å². The number of nitrogens with one attached hydrogen (secondary N) is 1. The second kappa shape index (κ2) is 7.66. The molecule has 0 atom stereocenters. The summed E-state index contributed by atoms with van der Waals surface area (Å²) in [6.07, 6.45) is 3.97. The second-order valence-corrected chi connectivity index (χ2v) is 7.92. The second-order valence-electron chi connectivity index (χ2n) is 6.00. The number of rotatable bonds is 6. The molecule has 1 N–H and O–H groups in total. The van der Waals surface area contributed by atoms with E-state index in [0.717, 1.165) is 18.7 Å². The number of hydrogen-bond acceptors (Lipinski definition) is 4. The molecule has 3 heterocycles. The van der Waals surface area contributed by atoms with Crippen molar-refractivity contribution in [1.82, 2.24) is 14.3 Å². The van der Waals surface area contributed by atoms with Crippen molar-refractivity contribution in [2.75, 3.05) is 13.1 Å². The Morgan fingerprint density at radius 3 is 2.65 bits per heavy atom. The minimum Gasteiger partial charge on any atom is -0.345 e. The Balaban J connectivity index is 1.89. The van der Waals surface area contributed by atoms with Gasteiger partial charge in [-0.25, -0.2) is 9.29 Å². The van der Waals surface area contributed by atoms with Gasteiger partial charge < -0.3 is 4.98 Å². The van der Waals surface area contributed by atoms with Crippen LogP contribution in [0.2, 0.25) is 0 Å². The number of benzene rings is 1. The highest BCUT2D eigenvalue weighted by Gasteiger charge is 2.16. The first-order chi connectivity index (χ1) is 12.8. The van der Waals surface area contributed by atoms with E-state index in [9.17, 15) is 0 Å². The minimum absolute atomic E-state index is 0.936. The lowest BCUT2D eigenvalue weighted by Crippen LogP contribution is -2.13. The van der Waals surface area contributed by atoms with E-state index in [1.54, 1.807) is 11.3 Å². The Morgan fingerprint density at radius 1 is 1.04 bits per heavy atom. The van der Waals surface area contributed by atoms with E-state index < -0.39 is 0 Å². The maximum absolute atomic E-state index is 4.55. The van der Waals surface area contributed by atoms with Gasteiger partial charge in [-0.1, -0.05) is 32.0 Å². The van der Waals surface area contributed by atoms with Crippen LogP contribution in [-0.2, 0) is 0 Å². The molecule has 0 saturated carbocycles. The number of aromatic nitrogens is 2. The summed E-state index contributed by atoms with van der Waals surface area (Å²) in [5.74, 6) is 0. The minimum atomic E-state index is 0.936. The van der Waals surface area contributed by atoms with Gasteiger partial charge in [0.1, 0.15) is 5.65 Å². The molecule has 0 amide bonds. The first-order valence-electron chi connectivity index (χ1n) is 8.82. The molecular weight excluding hydrogens is 358 g/mol. The van der Waals surface area contributed by atoms with Gasteiger partial charge in [0.15, 0.2) is 0 Å². The number of hydrogen-bond donors (Lipinski definition) is 1. The molecule has 0 unspecified atom stereocenters. The van der Waals surface area contributed by atoms with Crippen molar-refractivity contribution in [2.24, 2.45) is 0 Å². The zero-order valence-electron chi connectivity index (χ0n) is 14.9. The molecule has 0 aliphatic rings. The lowest BCUT2D eigenvalue weighted by molar-refractivity contribution is 0.525. The quantitative estimate of drug-likeness (QED) is 0.399. The van der Waals surface area contributed by atoms with Crippen LogP contribution in [0, 0.1) is 0 Å². The van der Waals surface area contributed by atoms with E-state index in [4.69, 9.17) is 0 Å². The van der Waals surface area contributed by atoms with Crippen LogP contribution in [-0.4, -0.2) is 27.4 Å². The van der Waals surface area contributed by atoms with Crippen molar-refractivity contribution in [1.29, 1.82) is 0 Å². The predicted molar refractivity (Wildman–Crippen MR) is 114 cm³/mol. The van der Waals surface area contributed by atoms with Crippen LogP contribution in [0.25, 0.3) is 33.3 Å². The number of pyridine rings is 1. The van der Waals surface area contributed by atoms with E-state index >= 15 is 0 Å². The Bertz CT molecular complexity index is 1000. The number of nitrogens with zero attached hydrogens (tertiary/aromatic N) is 2. The lowest BCUT2D eigenvalue weighted by atomic mass is 9.99. The molecule has 132 valence electrons. The normalized spacial score (nSPS) is 11.5. The molecule has 4 aromatic rings. The van der Waals surface area contributed by atoms with Crippen molar-refractivity contribution < 1.29 is 0 Å². The van der Waals surface area contributed by atoms with E-state index in [-0.39, 0.29) is 0 Å². The molecule has 0 radical (unpaired) electrons. The Hall–Kier alpha value is -2.08. The topological polar surface area (TPSA) is 31.9 Å². The van der Waals surface area contributed by atoms with Crippen LogP contribution < -0.4 is 0 Å². The van der Waals surface area contributed by atoms with Gasteiger partial charge in [-0.3, -0.25) is 0 Å². The SMILES string of the molecule is CCN(CC)Sc1ccccc1-c1c[nH]c2nccc(-c3ccsc3)c12. The maximum Gasteiger partial charge on any atom is 0.138 e. The van der Waals surface area contributed by atoms with E-state index in [2.05, 4.69) is 81.5 Å². The standard InChI is InChI=1S/C21H21N3S2/c1-3-24(4-2)26-19-8-6-5-7-17(19)18-13-23-21-20(18)16(9-11-22-21)15-10-12-25-14-15/h5-14H,3-4H2,1-2H3,(H,22,23). The van der Waals surface area contributed by atoms with Crippen LogP contribution in [0.3, 0.4) is 0 Å². The van der Waals surface area contributed by atoms with Gasteiger partial charge in [0.25, 0.3) is 0 Å². The van der Waals surface area contributed by atoms with Crippen LogP contribution >= 0.6 is 23.3 Å². The summed E-state index contributed by atoms with van der Waals surface area (Å²) in [5.41, 5.74) is 5.88. The van der Waals surface area contributed by atoms with Crippen molar-refractivity contribution in [3.63, 3.8) is 0 Å². The molecule has 0 fully saturated rings. The summed E-state index contributed by atoms with van der Waals surface area (Å²) in [6, 6.07) is 12.9. The lowest BCUT2D eigenvalue weighted by Gasteiger charge is -2.18. The molecule has 3 nitrogen and oxygen atoms in total. The van der Waals surface area contributed by atoms with Crippen molar-refractivity contribution in [3.8, 4) is 22.3 Å². The summed E-state index contributed by atoms with van der Waals surface area (Å²) < 4.78 is 2.37. The van der Waals surface area contributed by atoms with Crippen molar-refractivity contribution in [3.05, 3.63) is 59.6 Å². The number of H-pyrrole nitrogens is 1. The maximum atomic E-state index is 4.55. The Kier molecular flexibility index (Phi) is 5.11. The highest BCUT2D eigenvalue weighted by Crippen LogP contribution is 2.40. The van der Waals surface area contributed by atoms with E-state index in [1.807, 2.05) is 18.1 Å². The van der Waals surface area contributed by atoms with Crippen LogP contribution in [0.4, 0.5) is 0 Å². The van der Waals surface area contributed by atoms with Gasteiger partial charge in [0.2, 0.25) is 0 Å². The Morgan fingerprint density at radius 2 is 1.88 bits per heavy atom. The molecule has 0 bridgehead atoms. The molecule has 3 aromatic heterocycles. The fourth-order valence-corrected chi connectivity index (χ4v) is 4.80. The van der Waals surface area contributed by atoms with Gasteiger partial charge in [0.05, 0.1) is 0 Å². The molecule has 1 aromatic carbocycles. The number of thiophene rings is 1. The van der Waals surface area contributed by atoms with Gasteiger partial charge >= 0.3 is 0 Å². The first kappa shape index (κ1) is 17.3.